The van der Waals surface area contributed by atoms with Gasteiger partial charge in [0.05, 0.1) is 34.2 Å². The van der Waals surface area contributed by atoms with Crippen molar-refractivity contribution in [2.45, 2.75) is 53.4 Å². The fourth-order valence-corrected chi connectivity index (χ4v) is 11.5. The fraction of sp³-hybridized carbons (Fsp3) is 0.643. The van der Waals surface area contributed by atoms with Gasteiger partial charge in [-0.05, 0) is 48.3 Å². The maximum atomic E-state index is 13.5. The first kappa shape index (κ1) is 29.2. The molecule has 4 fully saturated rings. The first-order chi connectivity index (χ1) is 18.2. The van der Waals surface area contributed by atoms with E-state index in [1.807, 2.05) is 0 Å². The smallest absolute Gasteiger partial charge is 0.265 e. The van der Waals surface area contributed by atoms with E-state index in [2.05, 4.69) is 0 Å². The summed E-state index contributed by atoms with van der Waals surface area (Å²) in [5.41, 5.74) is -4.00. The molecule has 0 spiro atoms. The van der Waals surface area contributed by atoms with E-state index in [9.17, 15) is 45.1 Å². The maximum Gasteiger partial charge on any atom is 0.265 e. The summed E-state index contributed by atoms with van der Waals surface area (Å²) in [7, 11) is -8.94. The Kier molecular flexibility index (Phi) is 6.30. The third-order valence-electron chi connectivity index (χ3n) is 11.3. The molecule has 2 N–H and O–H groups in total. The second-order valence-corrected chi connectivity index (χ2v) is 16.2. The van der Waals surface area contributed by atoms with E-state index in [4.69, 9.17) is 0 Å². The number of carbonyl (C=O) groups excluding carboxylic acids is 4. The molecule has 1 aromatic carbocycles. The average molecular weight is 595 g/mol. The Morgan fingerprint density at radius 1 is 0.700 bits per heavy atom. The second-order valence-electron chi connectivity index (χ2n) is 13.3. The van der Waals surface area contributed by atoms with Crippen LogP contribution in [0.25, 0.3) is 0 Å². The van der Waals surface area contributed by atoms with Gasteiger partial charge in [0.15, 0.2) is 23.1 Å². The average Bonchev–Trinajstić information content (AvgIpc) is 3.33. The van der Waals surface area contributed by atoms with E-state index >= 15 is 0 Å². The molecule has 1 aromatic rings. The minimum absolute atomic E-state index is 0.169. The Morgan fingerprint density at radius 2 is 1.00 bits per heavy atom. The van der Waals surface area contributed by atoms with E-state index in [0.29, 0.717) is 12.8 Å². The van der Waals surface area contributed by atoms with Crippen molar-refractivity contribution in [3.63, 3.8) is 0 Å². The highest BCUT2D eigenvalue weighted by molar-refractivity contribution is 7.86. The predicted molar refractivity (Wildman–Crippen MR) is 143 cm³/mol. The molecule has 4 saturated carbocycles. The Morgan fingerprint density at radius 3 is 1.27 bits per heavy atom. The number of ketones is 4. The van der Waals surface area contributed by atoms with E-state index in [1.54, 1.807) is 27.7 Å². The van der Waals surface area contributed by atoms with E-state index in [-0.39, 0.29) is 24.0 Å². The van der Waals surface area contributed by atoms with Crippen LogP contribution in [0.1, 0.15) is 74.1 Å². The Hall–Kier alpha value is -2.28. The Labute approximate surface area is 233 Å². The maximum absolute atomic E-state index is 13.5. The van der Waals surface area contributed by atoms with Crippen LogP contribution in [0.15, 0.2) is 24.3 Å². The van der Waals surface area contributed by atoms with Crippen molar-refractivity contribution in [2.75, 3.05) is 11.5 Å². The van der Waals surface area contributed by atoms with Crippen molar-refractivity contribution in [1.29, 1.82) is 0 Å². The van der Waals surface area contributed by atoms with Crippen LogP contribution in [0, 0.1) is 45.3 Å². The molecule has 0 heterocycles. The van der Waals surface area contributed by atoms with Gasteiger partial charge in [0, 0.05) is 11.1 Å². The van der Waals surface area contributed by atoms with Crippen LogP contribution in [0.4, 0.5) is 0 Å². The lowest BCUT2D eigenvalue weighted by Gasteiger charge is -2.35. The van der Waals surface area contributed by atoms with Gasteiger partial charge in [-0.15, -0.1) is 0 Å². The molecule has 40 heavy (non-hydrogen) atoms. The molecule has 5 rings (SSSR count). The molecule has 10 nitrogen and oxygen atoms in total. The van der Waals surface area contributed by atoms with Crippen LogP contribution in [0.5, 0.6) is 0 Å². The molecule has 0 radical (unpaired) electrons. The van der Waals surface area contributed by atoms with E-state index in [1.165, 1.54) is 24.3 Å². The number of fused-ring (bicyclic) bond motifs is 4. The molecule has 0 saturated heterocycles. The molecule has 6 atom stereocenters. The van der Waals surface area contributed by atoms with Crippen LogP contribution in [0.3, 0.4) is 0 Å². The number of hydrogen-bond donors (Lipinski definition) is 2. The number of rotatable bonds is 8. The quantitative estimate of drug-likeness (QED) is 0.258. The summed E-state index contributed by atoms with van der Waals surface area (Å²) in [5.74, 6) is -6.35. The minimum atomic E-state index is -4.47. The van der Waals surface area contributed by atoms with Crippen LogP contribution in [-0.4, -0.2) is 60.6 Å². The normalized spacial score (nSPS) is 35.9. The highest BCUT2D eigenvalue weighted by Crippen LogP contribution is 2.68. The summed E-state index contributed by atoms with van der Waals surface area (Å²) in [6.45, 7) is 7.02. The predicted octanol–water partition coefficient (Wildman–Crippen LogP) is 3.07. The lowest BCUT2D eigenvalue weighted by molar-refractivity contribution is -0.131. The van der Waals surface area contributed by atoms with Crippen molar-refractivity contribution in [2.24, 2.45) is 45.3 Å². The van der Waals surface area contributed by atoms with Crippen molar-refractivity contribution >= 4 is 43.4 Å². The molecule has 4 aliphatic carbocycles. The van der Waals surface area contributed by atoms with Crippen molar-refractivity contribution in [1.82, 2.24) is 0 Å². The Bertz CT molecular complexity index is 1440. The van der Waals surface area contributed by atoms with Gasteiger partial charge in [-0.2, -0.15) is 16.8 Å². The summed E-state index contributed by atoms with van der Waals surface area (Å²) in [4.78, 5) is 54.1. The fourth-order valence-electron chi connectivity index (χ4n) is 8.93. The van der Waals surface area contributed by atoms with Crippen LogP contribution in [-0.2, 0) is 29.8 Å². The molecular formula is C28H34O10S2. The summed E-state index contributed by atoms with van der Waals surface area (Å²) >= 11 is 0. The first-order valence-corrected chi connectivity index (χ1v) is 16.6. The van der Waals surface area contributed by atoms with Gasteiger partial charge in [0.2, 0.25) is 0 Å². The van der Waals surface area contributed by atoms with Gasteiger partial charge in [-0.1, -0.05) is 52.0 Å². The minimum Gasteiger partial charge on any atom is -0.298 e. The molecule has 218 valence electrons. The molecule has 0 aromatic heterocycles. The van der Waals surface area contributed by atoms with Gasteiger partial charge in [-0.3, -0.25) is 28.3 Å². The van der Waals surface area contributed by atoms with Crippen LogP contribution >= 0.6 is 0 Å². The van der Waals surface area contributed by atoms with Crippen molar-refractivity contribution in [3.05, 3.63) is 35.4 Å². The summed E-state index contributed by atoms with van der Waals surface area (Å²) in [6.07, 6.45) is 1.47. The highest BCUT2D eigenvalue weighted by atomic mass is 32.2. The molecule has 0 aliphatic heterocycles. The highest BCUT2D eigenvalue weighted by Gasteiger charge is 2.72. The summed E-state index contributed by atoms with van der Waals surface area (Å²) < 4.78 is 66.2. The van der Waals surface area contributed by atoms with Gasteiger partial charge >= 0.3 is 0 Å². The number of carbonyl (C=O) groups is 4. The summed E-state index contributed by atoms with van der Waals surface area (Å²) in [5, 5.41) is 0. The third-order valence-corrected chi connectivity index (χ3v) is 13.0. The lowest BCUT2D eigenvalue weighted by Crippen LogP contribution is -2.43. The van der Waals surface area contributed by atoms with Crippen molar-refractivity contribution < 1.29 is 45.1 Å². The second kappa shape index (κ2) is 8.62. The molecule has 12 heteroatoms. The third kappa shape index (κ3) is 3.85. The summed E-state index contributed by atoms with van der Waals surface area (Å²) in [6, 6.07) is 5.64. The van der Waals surface area contributed by atoms with Crippen molar-refractivity contribution in [3.8, 4) is 0 Å². The topological polar surface area (TPSA) is 177 Å². The number of Topliss-reactive ketones (excluding diaryl/α,β-unsaturated/α-hetero) is 4. The SMILES string of the molecule is CC1(C)C2CCC1(CS(=O)(=O)O)C(=O)C2C(=O)c1ccc(C(=O)C2C(=O)C3(CS(=O)(=O)O)CCC2C3(C)C)cc1. The number of hydrogen-bond acceptors (Lipinski definition) is 8. The van der Waals surface area contributed by atoms with E-state index in [0.717, 1.165) is 0 Å². The number of benzene rings is 1. The largest absolute Gasteiger partial charge is 0.298 e. The molecular weight excluding hydrogens is 560 g/mol. The zero-order valence-corrected chi connectivity index (χ0v) is 24.5. The van der Waals surface area contributed by atoms with Crippen LogP contribution < -0.4 is 0 Å². The Balaban J connectivity index is 1.40. The lowest BCUT2D eigenvalue weighted by atomic mass is 9.70. The van der Waals surface area contributed by atoms with Gasteiger partial charge < -0.3 is 0 Å². The van der Waals surface area contributed by atoms with Crippen LogP contribution in [0.2, 0.25) is 0 Å². The van der Waals surface area contributed by atoms with Gasteiger partial charge in [0.1, 0.15) is 0 Å². The standard InChI is InChI=1S/C28H34O10S2/c1-25(2)17-9-11-27(25,13-39(33,34)35)23(31)19(17)21(29)15-5-7-16(8-6-15)22(30)20-18-10-12-28(24(20)32,26(18,3)4)14-40(36,37)38/h5-8,17-20H,9-14H2,1-4H3,(H,33,34,35)(H,36,37,38). The molecule has 6 unspecified atom stereocenters. The van der Waals surface area contributed by atoms with E-state index < -0.39 is 100 Å². The molecule has 4 bridgehead atoms. The zero-order valence-electron chi connectivity index (χ0n) is 22.8. The zero-order chi connectivity index (χ0) is 29.8. The van der Waals surface area contributed by atoms with Gasteiger partial charge in [-0.25, -0.2) is 0 Å². The molecule has 4 aliphatic rings. The monoisotopic (exact) mass is 594 g/mol. The van der Waals surface area contributed by atoms with Gasteiger partial charge in [0.25, 0.3) is 20.2 Å². The molecule has 0 amide bonds. The first-order valence-electron chi connectivity index (χ1n) is 13.4.